The molecule has 158 valence electrons. The summed E-state index contributed by atoms with van der Waals surface area (Å²) >= 11 is 0. The van der Waals surface area contributed by atoms with Crippen LogP contribution in [0.15, 0.2) is 30.3 Å². The van der Waals surface area contributed by atoms with E-state index in [0.29, 0.717) is 70.6 Å². The van der Waals surface area contributed by atoms with E-state index in [9.17, 15) is 0 Å². The predicted molar refractivity (Wildman–Crippen MR) is 112 cm³/mol. The van der Waals surface area contributed by atoms with E-state index in [1.165, 1.54) is 0 Å². The molecule has 0 radical (unpaired) electrons. The number of ether oxygens (including phenoxy) is 3. The van der Waals surface area contributed by atoms with Gasteiger partial charge in [0.1, 0.15) is 0 Å². The topological polar surface area (TPSA) is 120 Å². The van der Waals surface area contributed by atoms with Crippen LogP contribution in [0, 0.1) is 0 Å². The lowest BCUT2D eigenvalue weighted by Crippen LogP contribution is -2.37. The summed E-state index contributed by atoms with van der Waals surface area (Å²) in [5.41, 5.74) is 6.29. The van der Waals surface area contributed by atoms with Gasteiger partial charge in [-0.15, -0.1) is 0 Å². The molecule has 10 heteroatoms. The Morgan fingerprint density at radius 1 is 0.931 bits per heavy atom. The number of hydrogen-bond acceptors (Lipinski definition) is 10. The Balaban J connectivity index is 1.58. The monoisotopic (exact) mass is 403 g/mol. The van der Waals surface area contributed by atoms with Crippen LogP contribution in [0.3, 0.4) is 0 Å². The molecule has 0 aliphatic carbocycles. The van der Waals surface area contributed by atoms with Crippen molar-refractivity contribution in [2.45, 2.75) is 0 Å². The maximum Gasteiger partial charge on any atom is 0.233 e. The van der Waals surface area contributed by atoms with Crippen LogP contribution in [0.2, 0.25) is 0 Å². The number of benzene rings is 1. The lowest BCUT2D eigenvalue weighted by molar-refractivity contribution is 0.0547. The van der Waals surface area contributed by atoms with Crippen LogP contribution in [0.5, 0.6) is 0 Å². The van der Waals surface area contributed by atoms with Crippen LogP contribution in [0.1, 0.15) is 0 Å². The molecule has 0 bridgehead atoms. The Hall–Kier alpha value is -2.53. The fourth-order valence-electron chi connectivity index (χ4n) is 2.70. The molecule has 2 aromatic rings. The maximum atomic E-state index is 5.53. The molecule has 0 saturated carbocycles. The summed E-state index contributed by atoms with van der Waals surface area (Å²) in [7, 11) is 0. The first-order chi connectivity index (χ1) is 14.3. The summed E-state index contributed by atoms with van der Waals surface area (Å²) in [4.78, 5) is 15.7. The fourth-order valence-corrected chi connectivity index (χ4v) is 2.70. The summed E-state index contributed by atoms with van der Waals surface area (Å²) in [5.74, 6) is 1.62. The van der Waals surface area contributed by atoms with Crippen molar-refractivity contribution in [1.82, 2.24) is 15.0 Å². The molecule has 1 saturated heterocycles. The van der Waals surface area contributed by atoms with E-state index in [0.717, 1.165) is 18.8 Å². The Morgan fingerprint density at radius 3 is 2.41 bits per heavy atom. The summed E-state index contributed by atoms with van der Waals surface area (Å²) in [6, 6.07) is 9.81. The zero-order valence-corrected chi connectivity index (χ0v) is 16.5. The average Bonchev–Trinajstić information content (AvgIpc) is 2.77. The Bertz CT molecular complexity index is 714. The Kier molecular flexibility index (Phi) is 8.86. The highest BCUT2D eigenvalue weighted by Gasteiger charge is 2.16. The second-order valence-corrected chi connectivity index (χ2v) is 6.31. The van der Waals surface area contributed by atoms with Gasteiger partial charge in [-0.05, 0) is 12.1 Å². The smallest absolute Gasteiger partial charge is 0.233 e. The molecule has 0 amide bonds. The first-order valence-electron chi connectivity index (χ1n) is 9.85. The van der Waals surface area contributed by atoms with Crippen molar-refractivity contribution < 1.29 is 14.2 Å². The highest BCUT2D eigenvalue weighted by molar-refractivity contribution is 5.55. The standard InChI is InChI=1S/C19H29N7O3/c20-6-10-27-14-15-28-11-7-21-17-23-18(22-16-4-2-1-3-5-16)25-19(24-17)26-8-12-29-13-9-26/h1-5H,6-15,20H2,(H2,21,22,23,24,25). The number of anilines is 4. The van der Waals surface area contributed by atoms with Gasteiger partial charge in [0.25, 0.3) is 0 Å². The number of hydrogen-bond donors (Lipinski definition) is 3. The van der Waals surface area contributed by atoms with Crippen molar-refractivity contribution >= 4 is 23.5 Å². The van der Waals surface area contributed by atoms with Crippen LogP contribution < -0.4 is 21.3 Å². The molecule has 4 N–H and O–H groups in total. The average molecular weight is 403 g/mol. The third kappa shape index (κ3) is 7.42. The first kappa shape index (κ1) is 21.2. The molecule has 29 heavy (non-hydrogen) atoms. The van der Waals surface area contributed by atoms with E-state index < -0.39 is 0 Å². The van der Waals surface area contributed by atoms with Gasteiger partial charge < -0.3 is 35.5 Å². The van der Waals surface area contributed by atoms with Crippen LogP contribution in [0.4, 0.5) is 23.5 Å². The summed E-state index contributed by atoms with van der Waals surface area (Å²) in [6.07, 6.45) is 0. The van der Waals surface area contributed by atoms with Crippen molar-refractivity contribution in [1.29, 1.82) is 0 Å². The third-order valence-corrected chi connectivity index (χ3v) is 4.11. The molecule has 10 nitrogen and oxygen atoms in total. The second kappa shape index (κ2) is 12.1. The number of nitrogens with one attached hydrogen (secondary N) is 2. The Labute approximate surface area is 170 Å². The maximum absolute atomic E-state index is 5.53. The number of morpholine rings is 1. The van der Waals surface area contributed by atoms with Gasteiger partial charge in [0.2, 0.25) is 17.8 Å². The molecule has 0 unspecified atom stereocenters. The van der Waals surface area contributed by atoms with E-state index in [-0.39, 0.29) is 0 Å². The molecule has 3 rings (SSSR count). The summed E-state index contributed by atoms with van der Waals surface area (Å²) in [5, 5.41) is 6.44. The van der Waals surface area contributed by atoms with Gasteiger partial charge in [-0.3, -0.25) is 0 Å². The number of aromatic nitrogens is 3. The number of rotatable bonds is 12. The summed E-state index contributed by atoms with van der Waals surface area (Å²) < 4.78 is 16.2. The van der Waals surface area contributed by atoms with Crippen molar-refractivity contribution in [3.05, 3.63) is 30.3 Å². The van der Waals surface area contributed by atoms with E-state index >= 15 is 0 Å². The van der Waals surface area contributed by atoms with Crippen LogP contribution in [0.25, 0.3) is 0 Å². The van der Waals surface area contributed by atoms with Crippen molar-refractivity contribution in [2.75, 3.05) is 81.4 Å². The minimum Gasteiger partial charge on any atom is -0.378 e. The quantitative estimate of drug-likeness (QED) is 0.440. The van der Waals surface area contributed by atoms with Gasteiger partial charge in [0.15, 0.2) is 0 Å². The predicted octanol–water partition coefficient (Wildman–Crippen LogP) is 0.856. The number of para-hydroxylation sites is 1. The molecule has 0 atom stereocenters. The van der Waals surface area contributed by atoms with Crippen LogP contribution in [-0.4, -0.2) is 80.8 Å². The highest BCUT2D eigenvalue weighted by atomic mass is 16.5. The fraction of sp³-hybridized carbons (Fsp3) is 0.526. The van der Waals surface area contributed by atoms with Crippen molar-refractivity contribution in [3.63, 3.8) is 0 Å². The van der Waals surface area contributed by atoms with Gasteiger partial charge in [-0.1, -0.05) is 18.2 Å². The van der Waals surface area contributed by atoms with E-state index in [1.54, 1.807) is 0 Å². The van der Waals surface area contributed by atoms with Crippen LogP contribution >= 0.6 is 0 Å². The second-order valence-electron chi connectivity index (χ2n) is 6.31. The minimum absolute atomic E-state index is 0.492. The molecule has 2 heterocycles. The lowest BCUT2D eigenvalue weighted by atomic mass is 10.3. The molecule has 0 spiro atoms. The van der Waals surface area contributed by atoms with Gasteiger partial charge in [-0.2, -0.15) is 15.0 Å². The molecular formula is C19H29N7O3. The highest BCUT2D eigenvalue weighted by Crippen LogP contribution is 2.18. The molecule has 1 aromatic heterocycles. The van der Waals surface area contributed by atoms with Crippen molar-refractivity contribution in [2.24, 2.45) is 5.73 Å². The lowest BCUT2D eigenvalue weighted by Gasteiger charge is -2.27. The van der Waals surface area contributed by atoms with Crippen molar-refractivity contribution in [3.8, 4) is 0 Å². The molecule has 1 fully saturated rings. The number of nitrogens with two attached hydrogens (primary N) is 1. The Morgan fingerprint density at radius 2 is 1.66 bits per heavy atom. The molecule has 1 aliphatic heterocycles. The third-order valence-electron chi connectivity index (χ3n) is 4.11. The SMILES string of the molecule is NCCOCCOCCNc1nc(Nc2ccccc2)nc(N2CCOCC2)n1. The molecule has 1 aliphatic rings. The van der Waals surface area contributed by atoms with Gasteiger partial charge >= 0.3 is 0 Å². The molecular weight excluding hydrogens is 374 g/mol. The largest absolute Gasteiger partial charge is 0.378 e. The van der Waals surface area contributed by atoms with E-state index in [2.05, 4.69) is 30.5 Å². The normalized spacial score (nSPS) is 14.0. The zero-order chi connectivity index (χ0) is 20.2. The molecule has 1 aromatic carbocycles. The van der Waals surface area contributed by atoms with Gasteiger partial charge in [-0.25, -0.2) is 0 Å². The van der Waals surface area contributed by atoms with Gasteiger partial charge in [0.05, 0.1) is 39.6 Å². The first-order valence-corrected chi connectivity index (χ1v) is 9.85. The van der Waals surface area contributed by atoms with E-state index in [4.69, 9.17) is 19.9 Å². The van der Waals surface area contributed by atoms with Crippen LogP contribution in [-0.2, 0) is 14.2 Å². The van der Waals surface area contributed by atoms with Gasteiger partial charge in [0, 0.05) is 31.9 Å². The number of nitrogens with zero attached hydrogens (tertiary/aromatic N) is 4. The van der Waals surface area contributed by atoms with E-state index in [1.807, 2.05) is 30.3 Å². The summed E-state index contributed by atoms with van der Waals surface area (Å²) in [6.45, 7) is 6.06. The minimum atomic E-state index is 0.492. The zero-order valence-electron chi connectivity index (χ0n) is 16.5.